The summed E-state index contributed by atoms with van der Waals surface area (Å²) in [5.41, 5.74) is 0. The zero-order valence-electron chi connectivity index (χ0n) is 29.6. The van der Waals surface area contributed by atoms with Crippen LogP contribution in [0.1, 0.15) is 136 Å². The van der Waals surface area contributed by atoms with Crippen LogP contribution in [-0.4, -0.2) is 73.4 Å². The number of hydrogen-bond donors (Lipinski definition) is 3. The lowest BCUT2D eigenvalue weighted by molar-refractivity contribution is -0.870. The van der Waals surface area contributed by atoms with Crippen LogP contribution >= 0.6 is 7.82 Å². The molecule has 0 bridgehead atoms. The second-order valence-corrected chi connectivity index (χ2v) is 14.7. The molecule has 0 aliphatic rings. The van der Waals surface area contributed by atoms with Gasteiger partial charge >= 0.3 is 7.82 Å². The number of likely N-dealkylation sites (N-methyl/N-ethyl adjacent to an activating group) is 1. The van der Waals surface area contributed by atoms with Crippen LogP contribution in [0.5, 0.6) is 0 Å². The van der Waals surface area contributed by atoms with Gasteiger partial charge in [0.15, 0.2) is 0 Å². The summed E-state index contributed by atoms with van der Waals surface area (Å²) in [6.45, 7) is 4.65. The molecule has 9 heteroatoms. The van der Waals surface area contributed by atoms with Crippen LogP contribution < -0.4 is 5.32 Å². The Hall–Kier alpha value is -1.28. The van der Waals surface area contributed by atoms with Gasteiger partial charge in [0.1, 0.15) is 13.2 Å². The number of carbonyl (C=O) groups excluding carboxylic acids is 1. The first-order chi connectivity index (χ1) is 21.5. The average molecular weight is 658 g/mol. The number of unbranched alkanes of at least 4 members (excludes halogenated alkanes) is 14. The smallest absolute Gasteiger partial charge is 0.387 e. The predicted molar refractivity (Wildman–Crippen MR) is 189 cm³/mol. The van der Waals surface area contributed by atoms with E-state index in [4.69, 9.17) is 9.05 Å². The Morgan fingerprint density at radius 3 is 1.78 bits per heavy atom. The lowest BCUT2D eigenvalue weighted by Crippen LogP contribution is -2.45. The molecule has 0 saturated carbocycles. The Labute approximate surface area is 276 Å². The molecule has 3 unspecified atom stereocenters. The molecule has 45 heavy (non-hydrogen) atoms. The van der Waals surface area contributed by atoms with Crippen LogP contribution in [0.15, 0.2) is 36.5 Å². The number of carbonyl (C=O) groups is 1. The average Bonchev–Trinajstić information content (AvgIpc) is 2.97. The number of quaternary nitrogens is 1. The van der Waals surface area contributed by atoms with Gasteiger partial charge in [-0.25, -0.2) is 4.57 Å². The topological polar surface area (TPSA) is 105 Å². The molecule has 264 valence electrons. The van der Waals surface area contributed by atoms with E-state index in [0.29, 0.717) is 17.4 Å². The maximum atomic E-state index is 12.6. The van der Waals surface area contributed by atoms with E-state index in [1.165, 1.54) is 57.8 Å². The zero-order chi connectivity index (χ0) is 33.7. The van der Waals surface area contributed by atoms with Crippen molar-refractivity contribution >= 4 is 13.7 Å². The first-order valence-electron chi connectivity index (χ1n) is 17.9. The van der Waals surface area contributed by atoms with E-state index in [9.17, 15) is 19.4 Å². The molecule has 0 aliphatic heterocycles. The van der Waals surface area contributed by atoms with Gasteiger partial charge in [0.25, 0.3) is 0 Å². The normalized spacial score (nSPS) is 15.3. The van der Waals surface area contributed by atoms with Gasteiger partial charge in [0.2, 0.25) is 5.91 Å². The number of amides is 1. The fourth-order valence-corrected chi connectivity index (χ4v) is 5.39. The van der Waals surface area contributed by atoms with Gasteiger partial charge in [-0.1, -0.05) is 121 Å². The lowest BCUT2D eigenvalue weighted by Gasteiger charge is -2.25. The number of nitrogens with one attached hydrogen (secondary N) is 1. The minimum Gasteiger partial charge on any atom is -0.387 e. The van der Waals surface area contributed by atoms with Gasteiger partial charge in [0.05, 0.1) is 39.9 Å². The van der Waals surface area contributed by atoms with Gasteiger partial charge in [0, 0.05) is 6.42 Å². The van der Waals surface area contributed by atoms with Crippen LogP contribution in [0.4, 0.5) is 0 Å². The van der Waals surface area contributed by atoms with Gasteiger partial charge in [-0.2, -0.15) is 0 Å². The molecule has 0 rings (SSSR count). The summed E-state index contributed by atoms with van der Waals surface area (Å²) < 4.78 is 23.3. The SMILES string of the molecule is CCCCCCCCCC/C=C/CC/C=C/CC/C=C/C(O)C(COP(=O)(O)OCC[N+](C)(C)C)NC(=O)CCCCCCC. The third kappa shape index (κ3) is 31.1. The Balaban J connectivity index is 4.50. The molecular formula is C36H70N2O6P+. The van der Waals surface area contributed by atoms with E-state index in [-0.39, 0.29) is 19.1 Å². The summed E-state index contributed by atoms with van der Waals surface area (Å²) in [4.78, 5) is 22.7. The van der Waals surface area contributed by atoms with Crippen molar-refractivity contribution in [1.29, 1.82) is 0 Å². The van der Waals surface area contributed by atoms with Crippen LogP contribution in [0.2, 0.25) is 0 Å². The molecule has 0 radical (unpaired) electrons. The molecular weight excluding hydrogens is 587 g/mol. The molecule has 0 saturated heterocycles. The molecule has 3 N–H and O–H groups in total. The van der Waals surface area contributed by atoms with Crippen LogP contribution in [-0.2, 0) is 18.4 Å². The maximum Gasteiger partial charge on any atom is 0.472 e. The van der Waals surface area contributed by atoms with E-state index in [0.717, 1.165) is 57.8 Å². The molecule has 3 atom stereocenters. The summed E-state index contributed by atoms with van der Waals surface area (Å²) in [5.74, 6) is -0.207. The van der Waals surface area contributed by atoms with Gasteiger partial charge in [-0.3, -0.25) is 13.8 Å². The number of aliphatic hydroxyl groups is 1. The highest BCUT2D eigenvalue weighted by Gasteiger charge is 2.27. The largest absolute Gasteiger partial charge is 0.472 e. The van der Waals surface area contributed by atoms with Crippen molar-refractivity contribution in [3.05, 3.63) is 36.5 Å². The number of phosphoric acid groups is 1. The highest BCUT2D eigenvalue weighted by Crippen LogP contribution is 2.43. The number of aliphatic hydroxyl groups excluding tert-OH is 1. The number of rotatable bonds is 31. The second-order valence-electron chi connectivity index (χ2n) is 13.2. The molecule has 0 aromatic rings. The van der Waals surface area contributed by atoms with Crippen molar-refractivity contribution in [3.63, 3.8) is 0 Å². The first-order valence-corrected chi connectivity index (χ1v) is 19.4. The van der Waals surface area contributed by atoms with E-state index in [2.05, 4.69) is 43.5 Å². The fourth-order valence-electron chi connectivity index (χ4n) is 4.66. The Morgan fingerprint density at radius 2 is 1.22 bits per heavy atom. The van der Waals surface area contributed by atoms with Crippen molar-refractivity contribution < 1.29 is 32.9 Å². The van der Waals surface area contributed by atoms with Crippen LogP contribution in [0.3, 0.4) is 0 Å². The maximum absolute atomic E-state index is 12.6. The first kappa shape index (κ1) is 43.7. The molecule has 0 spiro atoms. The fraction of sp³-hybridized carbons (Fsp3) is 0.806. The third-order valence-electron chi connectivity index (χ3n) is 7.59. The molecule has 0 aromatic carbocycles. The molecule has 0 aliphatic carbocycles. The predicted octanol–water partition coefficient (Wildman–Crippen LogP) is 8.79. The molecule has 0 heterocycles. The van der Waals surface area contributed by atoms with E-state index >= 15 is 0 Å². The van der Waals surface area contributed by atoms with Crippen molar-refractivity contribution in [2.75, 3.05) is 40.9 Å². The van der Waals surface area contributed by atoms with Crippen molar-refractivity contribution in [1.82, 2.24) is 5.32 Å². The summed E-state index contributed by atoms with van der Waals surface area (Å²) in [6, 6.07) is -0.861. The quantitative estimate of drug-likeness (QED) is 0.0298. The monoisotopic (exact) mass is 657 g/mol. The summed E-state index contributed by atoms with van der Waals surface area (Å²) in [7, 11) is 1.54. The second kappa shape index (κ2) is 28.9. The van der Waals surface area contributed by atoms with Crippen molar-refractivity contribution in [3.8, 4) is 0 Å². The van der Waals surface area contributed by atoms with E-state index < -0.39 is 20.0 Å². The lowest BCUT2D eigenvalue weighted by atomic mass is 10.1. The minimum atomic E-state index is -4.33. The van der Waals surface area contributed by atoms with Crippen LogP contribution in [0, 0.1) is 0 Å². The Morgan fingerprint density at radius 1 is 0.733 bits per heavy atom. The number of allylic oxidation sites excluding steroid dienone is 5. The van der Waals surface area contributed by atoms with Gasteiger partial charge in [-0.05, 0) is 44.9 Å². The van der Waals surface area contributed by atoms with Crippen molar-refractivity contribution in [2.45, 2.75) is 148 Å². The molecule has 0 fully saturated rings. The number of nitrogens with zero attached hydrogens (tertiary/aromatic N) is 1. The highest BCUT2D eigenvalue weighted by atomic mass is 31.2. The number of hydrogen-bond acceptors (Lipinski definition) is 5. The molecule has 1 amide bonds. The zero-order valence-corrected chi connectivity index (χ0v) is 30.5. The molecule has 8 nitrogen and oxygen atoms in total. The summed E-state index contributed by atoms with van der Waals surface area (Å²) in [5, 5.41) is 13.6. The van der Waals surface area contributed by atoms with Gasteiger partial charge < -0.3 is 19.8 Å². The van der Waals surface area contributed by atoms with Gasteiger partial charge in [-0.15, -0.1) is 0 Å². The Bertz CT molecular complexity index is 840. The minimum absolute atomic E-state index is 0.0532. The standard InChI is InChI=1S/C36H69N2O6P/c1-6-8-10-12-13-14-15-16-17-18-19-20-21-22-23-24-26-27-29-35(39)34(37-36(40)30-28-25-11-9-7-2)33-44-45(41,42)43-32-31-38(3,4)5/h18-19,22-23,27,29,34-35,39H,6-17,20-21,24-26,28,30-33H2,1-5H3,(H-,37,40,41,42)/p+1/b19-18+,23-22+,29-27+. The van der Waals surface area contributed by atoms with E-state index in [1.54, 1.807) is 6.08 Å². The van der Waals surface area contributed by atoms with E-state index in [1.807, 2.05) is 27.2 Å². The number of phosphoric ester groups is 1. The summed E-state index contributed by atoms with van der Waals surface area (Å²) >= 11 is 0. The Kier molecular flexibility index (Phi) is 28.1. The third-order valence-corrected chi connectivity index (χ3v) is 8.57. The molecule has 0 aromatic heterocycles. The summed E-state index contributed by atoms with van der Waals surface area (Å²) in [6.07, 6.45) is 32.5. The van der Waals surface area contributed by atoms with Crippen LogP contribution in [0.25, 0.3) is 0 Å². The van der Waals surface area contributed by atoms with Crippen molar-refractivity contribution in [2.24, 2.45) is 0 Å². The highest BCUT2D eigenvalue weighted by molar-refractivity contribution is 7.47.